The Balaban J connectivity index is 5.31. The molecule has 96 heavy (non-hydrogen) atoms. The number of phosphoric ester groups is 2. The molecule has 0 saturated carbocycles. The number of hydrogen-bond donors (Lipinski definition) is 3. The lowest BCUT2D eigenvalue weighted by molar-refractivity contribution is -0.161. The first-order chi connectivity index (χ1) is 46.7. The highest BCUT2D eigenvalue weighted by molar-refractivity contribution is 7.47. The lowest BCUT2D eigenvalue weighted by Crippen LogP contribution is -2.30. The number of allylic oxidation sites excluding steroid dienone is 8. The van der Waals surface area contributed by atoms with Crippen molar-refractivity contribution in [3.05, 3.63) is 48.6 Å². The summed E-state index contributed by atoms with van der Waals surface area (Å²) in [5.41, 5.74) is 0. The summed E-state index contributed by atoms with van der Waals surface area (Å²) < 4.78 is 68.5. The molecular formula is C77H142O17P2. The predicted molar refractivity (Wildman–Crippen MR) is 390 cm³/mol. The van der Waals surface area contributed by atoms with Crippen molar-refractivity contribution >= 4 is 39.5 Å². The Morgan fingerprint density at radius 3 is 0.812 bits per heavy atom. The highest BCUT2D eigenvalue weighted by Crippen LogP contribution is 2.45. The van der Waals surface area contributed by atoms with Gasteiger partial charge in [-0.3, -0.25) is 37.3 Å². The zero-order chi connectivity index (χ0) is 70.4. The number of esters is 4. The first kappa shape index (κ1) is 93.0. The molecule has 0 bridgehead atoms. The Morgan fingerprint density at radius 2 is 0.510 bits per heavy atom. The lowest BCUT2D eigenvalue weighted by atomic mass is 10.0. The largest absolute Gasteiger partial charge is 0.472 e. The number of carbonyl (C=O) groups is 4. The van der Waals surface area contributed by atoms with Crippen LogP contribution >= 0.6 is 15.6 Å². The van der Waals surface area contributed by atoms with E-state index in [1.165, 1.54) is 141 Å². The van der Waals surface area contributed by atoms with Crippen molar-refractivity contribution < 1.29 is 80.2 Å². The molecule has 0 aromatic heterocycles. The van der Waals surface area contributed by atoms with Crippen molar-refractivity contribution in [2.24, 2.45) is 0 Å². The van der Waals surface area contributed by atoms with Crippen LogP contribution in [-0.2, 0) is 65.4 Å². The number of carbonyl (C=O) groups excluding carboxylic acids is 4. The number of aliphatic hydroxyl groups excluding tert-OH is 1. The van der Waals surface area contributed by atoms with Crippen LogP contribution in [0.4, 0.5) is 0 Å². The Hall–Kier alpha value is -2.98. The third-order valence-corrected chi connectivity index (χ3v) is 18.7. The minimum Gasteiger partial charge on any atom is -0.462 e. The predicted octanol–water partition coefficient (Wildman–Crippen LogP) is 22.1. The van der Waals surface area contributed by atoms with Crippen LogP contribution in [0.3, 0.4) is 0 Å². The average Bonchev–Trinajstić information content (AvgIpc) is 1.14. The summed E-state index contributed by atoms with van der Waals surface area (Å²) in [5, 5.41) is 10.6. The van der Waals surface area contributed by atoms with Crippen molar-refractivity contribution in [3.63, 3.8) is 0 Å². The molecule has 0 aromatic rings. The smallest absolute Gasteiger partial charge is 0.462 e. The molecule has 2 unspecified atom stereocenters. The van der Waals surface area contributed by atoms with Crippen LogP contribution in [0.25, 0.3) is 0 Å². The van der Waals surface area contributed by atoms with E-state index in [2.05, 4.69) is 76.3 Å². The number of rotatable bonds is 74. The van der Waals surface area contributed by atoms with E-state index >= 15 is 0 Å². The van der Waals surface area contributed by atoms with E-state index in [0.717, 1.165) is 141 Å². The van der Waals surface area contributed by atoms with E-state index in [1.807, 2.05) is 0 Å². The summed E-state index contributed by atoms with van der Waals surface area (Å²) in [4.78, 5) is 72.8. The van der Waals surface area contributed by atoms with Gasteiger partial charge < -0.3 is 33.8 Å². The molecule has 17 nitrogen and oxygen atoms in total. The van der Waals surface area contributed by atoms with Gasteiger partial charge in [0.1, 0.15) is 19.3 Å². The van der Waals surface area contributed by atoms with Crippen molar-refractivity contribution in [2.75, 3.05) is 39.6 Å². The second-order valence-electron chi connectivity index (χ2n) is 26.3. The zero-order valence-corrected chi connectivity index (χ0v) is 63.1. The maximum absolute atomic E-state index is 13.1. The van der Waals surface area contributed by atoms with Gasteiger partial charge in [0.15, 0.2) is 12.2 Å². The van der Waals surface area contributed by atoms with Crippen LogP contribution in [0.15, 0.2) is 48.6 Å². The fourth-order valence-corrected chi connectivity index (χ4v) is 12.3. The minimum absolute atomic E-state index is 0.0863. The van der Waals surface area contributed by atoms with Crippen LogP contribution in [0, 0.1) is 0 Å². The number of unbranched alkanes of at least 4 members (excludes halogenated alkanes) is 40. The molecule has 0 radical (unpaired) electrons. The van der Waals surface area contributed by atoms with Crippen LogP contribution in [0.1, 0.15) is 362 Å². The molecule has 0 aliphatic rings. The van der Waals surface area contributed by atoms with Gasteiger partial charge in [-0.1, -0.05) is 275 Å². The summed E-state index contributed by atoms with van der Waals surface area (Å²) >= 11 is 0. The number of phosphoric acid groups is 2. The van der Waals surface area contributed by atoms with E-state index in [0.29, 0.717) is 25.7 Å². The Bertz CT molecular complexity index is 2010. The van der Waals surface area contributed by atoms with Gasteiger partial charge >= 0.3 is 39.5 Å². The molecule has 0 fully saturated rings. The highest BCUT2D eigenvalue weighted by atomic mass is 31.2. The Labute approximate surface area is 585 Å². The van der Waals surface area contributed by atoms with Crippen molar-refractivity contribution in [1.29, 1.82) is 0 Å². The maximum Gasteiger partial charge on any atom is 0.472 e. The van der Waals surface area contributed by atoms with E-state index in [4.69, 9.17) is 37.0 Å². The second kappa shape index (κ2) is 70.5. The van der Waals surface area contributed by atoms with Gasteiger partial charge in [-0.25, -0.2) is 9.13 Å². The van der Waals surface area contributed by atoms with Crippen LogP contribution in [0.5, 0.6) is 0 Å². The minimum atomic E-state index is -4.97. The molecule has 0 aromatic carbocycles. The number of hydrogen-bond acceptors (Lipinski definition) is 15. The van der Waals surface area contributed by atoms with Gasteiger partial charge in [0.05, 0.1) is 26.4 Å². The molecule has 0 spiro atoms. The Kier molecular flexibility index (Phi) is 68.3. The summed E-state index contributed by atoms with van der Waals surface area (Å²) in [6.45, 7) is 4.85. The maximum atomic E-state index is 13.1. The molecule has 5 atom stereocenters. The van der Waals surface area contributed by atoms with Crippen molar-refractivity contribution in [1.82, 2.24) is 0 Å². The van der Waals surface area contributed by atoms with Gasteiger partial charge in [0.2, 0.25) is 0 Å². The van der Waals surface area contributed by atoms with Gasteiger partial charge in [0.25, 0.3) is 0 Å². The summed E-state index contributed by atoms with van der Waals surface area (Å²) in [5.74, 6) is -2.17. The fraction of sp³-hybridized carbons (Fsp3) is 0.844. The van der Waals surface area contributed by atoms with Crippen LogP contribution in [-0.4, -0.2) is 96.7 Å². The molecule has 0 saturated heterocycles. The standard InChI is InChI=1S/C77H142O17P2/c1-5-9-13-17-21-25-29-33-35-39-41-45-49-53-57-61-74(79)87-67-72(93-76(81)63-59-55-51-47-43-37-31-27-23-19-15-11-7-3)69-91-95(83,84)89-65-71(78)66-90-96(85,86)92-70-73(94-77(82)64-60-56-52-48-44-38-32-28-24-20-16-12-8-4)68-88-75(80)62-58-54-50-46-42-40-36-34-30-26-22-18-14-10-6-2/h21,25,27-28,31-33,35,71-73,78H,5-20,22-24,26,29-30,34,36-70H2,1-4H3,(H,83,84)(H,85,86)/b25-21-,31-27-,32-28-,35-33-/t71-,72-,73-/m1/s1. The monoisotopic (exact) mass is 1400 g/mol. The average molecular weight is 1400 g/mol. The van der Waals surface area contributed by atoms with E-state index in [1.54, 1.807) is 0 Å². The normalized spacial score (nSPS) is 14.2. The molecule has 562 valence electrons. The third-order valence-electron chi connectivity index (χ3n) is 16.8. The van der Waals surface area contributed by atoms with Gasteiger partial charge in [-0.15, -0.1) is 0 Å². The first-order valence-corrected chi connectivity index (χ1v) is 41.9. The summed E-state index contributed by atoms with van der Waals surface area (Å²) in [6.07, 6.45) is 66.6. The molecule has 0 aliphatic heterocycles. The lowest BCUT2D eigenvalue weighted by Gasteiger charge is -2.21. The highest BCUT2D eigenvalue weighted by Gasteiger charge is 2.30. The molecule has 0 amide bonds. The van der Waals surface area contributed by atoms with E-state index in [9.17, 15) is 43.2 Å². The molecule has 3 N–H and O–H groups in total. The topological polar surface area (TPSA) is 237 Å². The van der Waals surface area contributed by atoms with Crippen molar-refractivity contribution in [2.45, 2.75) is 380 Å². The SMILES string of the molecule is CCCCC/C=C\C/C=C\CCCCCCCC(=O)OC[C@H](COP(=O)(O)OC[C@@H](O)COP(=O)(O)OC[C@@H](COC(=O)CCCCCCCCCCCCCCCCC)OC(=O)CCCCCCC/C=C\CCCCCC)OC(=O)CCCCCCC/C=C\CCCCCC. The molecule has 19 heteroatoms. The first-order valence-electron chi connectivity index (χ1n) is 38.9. The molecule has 0 aliphatic carbocycles. The molecule has 0 heterocycles. The van der Waals surface area contributed by atoms with Crippen LogP contribution < -0.4 is 0 Å². The quantitative estimate of drug-likeness (QED) is 0.0169. The van der Waals surface area contributed by atoms with Gasteiger partial charge in [-0.2, -0.15) is 0 Å². The van der Waals surface area contributed by atoms with E-state index in [-0.39, 0.29) is 25.7 Å². The van der Waals surface area contributed by atoms with Crippen molar-refractivity contribution in [3.8, 4) is 0 Å². The Morgan fingerprint density at radius 1 is 0.292 bits per heavy atom. The molecule has 0 rings (SSSR count). The van der Waals surface area contributed by atoms with Crippen LogP contribution in [0.2, 0.25) is 0 Å². The van der Waals surface area contributed by atoms with Gasteiger partial charge in [-0.05, 0) is 109 Å². The third kappa shape index (κ3) is 69.5. The summed E-state index contributed by atoms with van der Waals surface area (Å²) in [7, 11) is -9.94. The number of ether oxygens (including phenoxy) is 4. The number of aliphatic hydroxyl groups is 1. The second-order valence-corrected chi connectivity index (χ2v) is 29.2. The van der Waals surface area contributed by atoms with Gasteiger partial charge in [0, 0.05) is 25.7 Å². The van der Waals surface area contributed by atoms with E-state index < -0.39 is 97.5 Å². The fourth-order valence-electron chi connectivity index (χ4n) is 10.8. The zero-order valence-electron chi connectivity index (χ0n) is 61.3. The summed E-state index contributed by atoms with van der Waals surface area (Å²) in [6, 6.07) is 0. The molecular weight excluding hydrogens is 1260 g/mol.